The lowest BCUT2D eigenvalue weighted by molar-refractivity contribution is -0.121. The smallest absolute Gasteiger partial charge is 0.221 e. The van der Waals surface area contributed by atoms with Gasteiger partial charge < -0.3 is 10.4 Å². The van der Waals surface area contributed by atoms with Crippen molar-refractivity contribution in [2.75, 3.05) is 6.54 Å². The maximum absolute atomic E-state index is 11.4. The third-order valence-electron chi connectivity index (χ3n) is 2.21. The summed E-state index contributed by atoms with van der Waals surface area (Å²) in [5.41, 5.74) is 1.09. The van der Waals surface area contributed by atoms with Gasteiger partial charge in [0, 0.05) is 25.7 Å². The molecule has 0 aliphatic rings. The standard InChI is InChI=1S/C11H19N3O2/c1-9-7-13-14(8-9)6-4-11(16)12-5-3-10(2)15/h7-8,10,15H,3-6H2,1-2H3,(H,12,16). The molecular weight excluding hydrogens is 206 g/mol. The van der Waals surface area contributed by atoms with E-state index >= 15 is 0 Å². The zero-order valence-corrected chi connectivity index (χ0v) is 9.81. The minimum Gasteiger partial charge on any atom is -0.393 e. The lowest BCUT2D eigenvalue weighted by Gasteiger charge is -2.06. The second-order valence-electron chi connectivity index (χ2n) is 4.02. The van der Waals surface area contributed by atoms with Crippen LogP contribution in [0.2, 0.25) is 0 Å². The average Bonchev–Trinajstić information content (AvgIpc) is 2.61. The van der Waals surface area contributed by atoms with E-state index in [2.05, 4.69) is 10.4 Å². The van der Waals surface area contributed by atoms with Gasteiger partial charge in [0.05, 0.1) is 12.3 Å². The van der Waals surface area contributed by atoms with E-state index in [0.29, 0.717) is 25.9 Å². The summed E-state index contributed by atoms with van der Waals surface area (Å²) in [6.07, 6.45) is 4.32. The van der Waals surface area contributed by atoms with Gasteiger partial charge >= 0.3 is 0 Å². The Morgan fingerprint density at radius 2 is 2.44 bits per heavy atom. The van der Waals surface area contributed by atoms with Crippen LogP contribution in [0.15, 0.2) is 12.4 Å². The van der Waals surface area contributed by atoms with Gasteiger partial charge in [-0.25, -0.2) is 0 Å². The number of aliphatic hydroxyl groups excluding tert-OH is 1. The highest BCUT2D eigenvalue weighted by molar-refractivity contribution is 5.75. The summed E-state index contributed by atoms with van der Waals surface area (Å²) >= 11 is 0. The predicted octanol–water partition coefficient (Wildman–Crippen LogP) is 0.469. The van der Waals surface area contributed by atoms with Crippen LogP contribution in [0.25, 0.3) is 0 Å². The first kappa shape index (κ1) is 12.7. The molecule has 0 saturated heterocycles. The molecule has 90 valence electrons. The molecule has 16 heavy (non-hydrogen) atoms. The van der Waals surface area contributed by atoms with E-state index in [0.717, 1.165) is 5.56 Å². The first-order valence-electron chi connectivity index (χ1n) is 5.52. The quantitative estimate of drug-likeness (QED) is 0.739. The molecular formula is C11H19N3O2. The van der Waals surface area contributed by atoms with Gasteiger partial charge in [-0.1, -0.05) is 0 Å². The molecule has 1 unspecified atom stereocenters. The molecule has 1 atom stereocenters. The minimum atomic E-state index is -0.367. The molecule has 0 aliphatic carbocycles. The third-order valence-corrected chi connectivity index (χ3v) is 2.21. The normalized spacial score (nSPS) is 12.4. The van der Waals surface area contributed by atoms with E-state index in [1.54, 1.807) is 17.8 Å². The van der Waals surface area contributed by atoms with Crippen molar-refractivity contribution >= 4 is 5.91 Å². The summed E-state index contributed by atoms with van der Waals surface area (Å²) in [6.45, 7) is 4.79. The lowest BCUT2D eigenvalue weighted by Crippen LogP contribution is -2.27. The predicted molar refractivity (Wildman–Crippen MR) is 60.9 cm³/mol. The number of aromatic nitrogens is 2. The Morgan fingerprint density at radius 1 is 1.69 bits per heavy atom. The molecule has 1 aromatic rings. The minimum absolute atomic E-state index is 0.00574. The summed E-state index contributed by atoms with van der Waals surface area (Å²) < 4.78 is 1.75. The van der Waals surface area contributed by atoms with E-state index in [1.807, 2.05) is 13.1 Å². The SMILES string of the molecule is Cc1cnn(CCC(=O)NCCC(C)O)c1. The third kappa shape index (κ3) is 4.93. The van der Waals surface area contributed by atoms with Gasteiger partial charge in [0.1, 0.15) is 0 Å². The Labute approximate surface area is 95.5 Å². The van der Waals surface area contributed by atoms with Crippen LogP contribution in [0.3, 0.4) is 0 Å². The molecule has 5 nitrogen and oxygen atoms in total. The van der Waals surface area contributed by atoms with Crippen molar-refractivity contribution in [2.24, 2.45) is 0 Å². The number of aliphatic hydroxyl groups is 1. The van der Waals surface area contributed by atoms with Crippen molar-refractivity contribution in [3.63, 3.8) is 0 Å². The average molecular weight is 225 g/mol. The number of rotatable bonds is 6. The van der Waals surface area contributed by atoms with Crippen LogP contribution in [0.4, 0.5) is 0 Å². The van der Waals surface area contributed by atoms with Gasteiger partial charge in [0.15, 0.2) is 0 Å². The second kappa shape index (κ2) is 6.27. The van der Waals surface area contributed by atoms with Gasteiger partial charge in [-0.2, -0.15) is 5.10 Å². The fraction of sp³-hybridized carbons (Fsp3) is 0.636. The van der Waals surface area contributed by atoms with E-state index in [1.165, 1.54) is 0 Å². The van der Waals surface area contributed by atoms with Gasteiger partial charge in [-0.05, 0) is 25.8 Å². The number of nitrogens with one attached hydrogen (secondary N) is 1. The van der Waals surface area contributed by atoms with Crippen molar-refractivity contribution < 1.29 is 9.90 Å². The second-order valence-corrected chi connectivity index (χ2v) is 4.02. The highest BCUT2D eigenvalue weighted by Gasteiger charge is 2.03. The Bertz CT molecular complexity index is 334. The first-order valence-corrected chi connectivity index (χ1v) is 5.52. The number of carbonyl (C=O) groups excluding carboxylic acids is 1. The van der Waals surface area contributed by atoms with Crippen molar-refractivity contribution in [1.29, 1.82) is 0 Å². The number of nitrogens with zero attached hydrogens (tertiary/aromatic N) is 2. The van der Waals surface area contributed by atoms with Crippen LogP contribution in [0, 0.1) is 6.92 Å². The molecule has 0 radical (unpaired) electrons. The van der Waals surface area contributed by atoms with Crippen LogP contribution in [-0.2, 0) is 11.3 Å². The molecule has 0 aromatic carbocycles. The van der Waals surface area contributed by atoms with Crippen LogP contribution in [-0.4, -0.2) is 33.4 Å². The monoisotopic (exact) mass is 225 g/mol. The van der Waals surface area contributed by atoms with Crippen LogP contribution in [0.5, 0.6) is 0 Å². The van der Waals surface area contributed by atoms with Crippen molar-refractivity contribution in [1.82, 2.24) is 15.1 Å². The maximum Gasteiger partial charge on any atom is 0.221 e. The zero-order chi connectivity index (χ0) is 12.0. The van der Waals surface area contributed by atoms with Crippen LogP contribution < -0.4 is 5.32 Å². The number of hydrogen-bond acceptors (Lipinski definition) is 3. The molecule has 0 aliphatic heterocycles. The lowest BCUT2D eigenvalue weighted by atomic mass is 10.3. The summed E-state index contributed by atoms with van der Waals surface area (Å²) in [5.74, 6) is -0.00574. The van der Waals surface area contributed by atoms with Gasteiger partial charge in [-0.15, -0.1) is 0 Å². The van der Waals surface area contributed by atoms with Gasteiger partial charge in [0.25, 0.3) is 0 Å². The summed E-state index contributed by atoms with van der Waals surface area (Å²) in [4.78, 5) is 11.4. The van der Waals surface area contributed by atoms with Crippen LogP contribution >= 0.6 is 0 Å². The molecule has 1 heterocycles. The molecule has 0 bridgehead atoms. The van der Waals surface area contributed by atoms with E-state index in [4.69, 9.17) is 5.11 Å². The van der Waals surface area contributed by atoms with E-state index in [-0.39, 0.29) is 12.0 Å². The fourth-order valence-corrected chi connectivity index (χ4v) is 1.31. The molecule has 2 N–H and O–H groups in total. The topological polar surface area (TPSA) is 67.2 Å². The molecule has 0 fully saturated rings. The Morgan fingerprint density at radius 3 is 3.00 bits per heavy atom. The Kier molecular flexibility index (Phi) is 4.98. The molecule has 1 rings (SSSR count). The zero-order valence-electron chi connectivity index (χ0n) is 9.81. The van der Waals surface area contributed by atoms with Gasteiger partial charge in [-0.3, -0.25) is 9.48 Å². The Balaban J connectivity index is 2.15. The number of amides is 1. The molecule has 5 heteroatoms. The fourth-order valence-electron chi connectivity index (χ4n) is 1.31. The van der Waals surface area contributed by atoms with E-state index < -0.39 is 0 Å². The van der Waals surface area contributed by atoms with Gasteiger partial charge in [0.2, 0.25) is 5.91 Å². The van der Waals surface area contributed by atoms with Crippen molar-refractivity contribution in [2.45, 2.75) is 39.3 Å². The number of hydrogen-bond donors (Lipinski definition) is 2. The van der Waals surface area contributed by atoms with Crippen molar-refractivity contribution in [3.8, 4) is 0 Å². The molecule has 1 aromatic heterocycles. The molecule has 0 spiro atoms. The summed E-state index contributed by atoms with van der Waals surface area (Å²) in [6, 6.07) is 0. The largest absolute Gasteiger partial charge is 0.393 e. The number of aryl methyl sites for hydroxylation is 2. The maximum atomic E-state index is 11.4. The molecule has 1 amide bonds. The highest BCUT2D eigenvalue weighted by Crippen LogP contribution is 1.96. The summed E-state index contributed by atoms with van der Waals surface area (Å²) in [5, 5.41) is 15.9. The Hall–Kier alpha value is -1.36. The molecule has 0 saturated carbocycles. The van der Waals surface area contributed by atoms with Crippen LogP contribution in [0.1, 0.15) is 25.3 Å². The highest BCUT2D eigenvalue weighted by atomic mass is 16.3. The van der Waals surface area contributed by atoms with E-state index in [9.17, 15) is 4.79 Å². The first-order chi connectivity index (χ1) is 7.58. The van der Waals surface area contributed by atoms with Crippen molar-refractivity contribution in [3.05, 3.63) is 18.0 Å². The summed E-state index contributed by atoms with van der Waals surface area (Å²) in [7, 11) is 0. The number of carbonyl (C=O) groups is 1.